The first-order valence-electron chi connectivity index (χ1n) is 6.71. The molecule has 5 heteroatoms. The van der Waals surface area contributed by atoms with Gasteiger partial charge in [-0.05, 0) is 30.8 Å². The maximum atomic E-state index is 4.65. The van der Waals surface area contributed by atoms with E-state index in [9.17, 15) is 0 Å². The van der Waals surface area contributed by atoms with Gasteiger partial charge < -0.3 is 5.32 Å². The summed E-state index contributed by atoms with van der Waals surface area (Å²) in [5.41, 5.74) is -0.0785. The zero-order valence-electron chi connectivity index (χ0n) is 12.3. The summed E-state index contributed by atoms with van der Waals surface area (Å²) in [6, 6.07) is 7.84. The second-order valence-corrected chi connectivity index (χ2v) is 6.51. The van der Waals surface area contributed by atoms with E-state index in [1.54, 1.807) is 18.0 Å². The first kappa shape index (κ1) is 14.8. The van der Waals surface area contributed by atoms with E-state index in [1.807, 2.05) is 24.3 Å². The second-order valence-electron chi connectivity index (χ2n) is 5.47. The highest BCUT2D eigenvalue weighted by molar-refractivity contribution is 7.99. The van der Waals surface area contributed by atoms with Crippen molar-refractivity contribution in [2.24, 2.45) is 0 Å². The Hall–Kier alpha value is -1.62. The number of anilines is 1. The first-order chi connectivity index (χ1) is 9.49. The predicted molar refractivity (Wildman–Crippen MR) is 83.3 cm³/mol. The van der Waals surface area contributed by atoms with E-state index < -0.39 is 0 Å². The van der Waals surface area contributed by atoms with Gasteiger partial charge in [0.1, 0.15) is 21.7 Å². The zero-order chi connectivity index (χ0) is 14.6. The summed E-state index contributed by atoms with van der Waals surface area (Å²) in [4.78, 5) is 13.6. The average Bonchev–Trinajstić information content (AvgIpc) is 2.39. The molecule has 0 aromatic carbocycles. The van der Waals surface area contributed by atoms with Crippen molar-refractivity contribution < 1.29 is 0 Å². The molecule has 0 fully saturated rings. The van der Waals surface area contributed by atoms with Crippen molar-refractivity contribution in [1.82, 2.24) is 15.0 Å². The van der Waals surface area contributed by atoms with Gasteiger partial charge in [-0.2, -0.15) is 0 Å². The van der Waals surface area contributed by atoms with Gasteiger partial charge >= 0.3 is 0 Å². The summed E-state index contributed by atoms with van der Waals surface area (Å²) in [6.45, 7) is 9.26. The Morgan fingerprint density at radius 1 is 1.15 bits per heavy atom. The number of aromatic nitrogens is 3. The maximum Gasteiger partial charge on any atom is 0.137 e. The molecule has 4 nitrogen and oxygen atoms in total. The lowest BCUT2D eigenvalue weighted by molar-refractivity contribution is 0.539. The van der Waals surface area contributed by atoms with Crippen LogP contribution in [-0.4, -0.2) is 21.5 Å². The van der Waals surface area contributed by atoms with Crippen LogP contribution >= 0.6 is 11.8 Å². The smallest absolute Gasteiger partial charge is 0.137 e. The van der Waals surface area contributed by atoms with Crippen molar-refractivity contribution in [3.8, 4) is 0 Å². The van der Waals surface area contributed by atoms with Gasteiger partial charge in [0.2, 0.25) is 0 Å². The standard InChI is InChI=1S/C15H20N4S/c1-5-16-11-10-13(19-14(18-11)15(2,3)4)20-12-8-6-7-9-17-12/h6-10H,5H2,1-4H3,(H,16,18,19). The average molecular weight is 288 g/mol. The fraction of sp³-hybridized carbons (Fsp3) is 0.400. The molecule has 2 aromatic rings. The van der Waals surface area contributed by atoms with Gasteiger partial charge in [-0.1, -0.05) is 26.8 Å². The molecule has 1 N–H and O–H groups in total. The molecule has 0 unspecified atom stereocenters. The number of hydrogen-bond donors (Lipinski definition) is 1. The number of pyridine rings is 1. The summed E-state index contributed by atoms with van der Waals surface area (Å²) in [7, 11) is 0. The molecule has 106 valence electrons. The van der Waals surface area contributed by atoms with E-state index >= 15 is 0 Å². The van der Waals surface area contributed by atoms with Crippen LogP contribution in [0.5, 0.6) is 0 Å². The van der Waals surface area contributed by atoms with Gasteiger partial charge in [0.15, 0.2) is 0 Å². The Morgan fingerprint density at radius 2 is 1.95 bits per heavy atom. The summed E-state index contributed by atoms with van der Waals surface area (Å²) in [5, 5.41) is 5.12. The molecule has 0 aliphatic carbocycles. The Labute approximate surface area is 124 Å². The molecule has 0 aliphatic heterocycles. The highest BCUT2D eigenvalue weighted by atomic mass is 32.2. The third-order valence-corrected chi connectivity index (χ3v) is 3.45. The van der Waals surface area contributed by atoms with Crippen molar-refractivity contribution in [3.05, 3.63) is 36.3 Å². The predicted octanol–water partition coefficient (Wildman–Crippen LogP) is 3.75. The quantitative estimate of drug-likeness (QED) is 0.868. The van der Waals surface area contributed by atoms with Crippen molar-refractivity contribution in [2.45, 2.75) is 43.2 Å². The van der Waals surface area contributed by atoms with Gasteiger partial charge in [0.05, 0.1) is 0 Å². The van der Waals surface area contributed by atoms with Gasteiger partial charge in [-0.3, -0.25) is 0 Å². The van der Waals surface area contributed by atoms with Crippen LogP contribution in [0.1, 0.15) is 33.5 Å². The number of nitrogens with zero attached hydrogens (tertiary/aromatic N) is 3. The van der Waals surface area contributed by atoms with Crippen LogP contribution in [0.3, 0.4) is 0 Å². The van der Waals surface area contributed by atoms with Gasteiger partial charge in [-0.25, -0.2) is 15.0 Å². The van der Waals surface area contributed by atoms with Crippen molar-refractivity contribution in [3.63, 3.8) is 0 Å². The van der Waals surface area contributed by atoms with Gasteiger partial charge in [-0.15, -0.1) is 0 Å². The highest BCUT2D eigenvalue weighted by Gasteiger charge is 2.19. The Balaban J connectivity index is 2.34. The minimum atomic E-state index is -0.0785. The van der Waals surface area contributed by atoms with Crippen molar-refractivity contribution in [2.75, 3.05) is 11.9 Å². The Kier molecular flexibility index (Phi) is 4.60. The van der Waals surface area contributed by atoms with E-state index in [1.165, 1.54) is 0 Å². The molecular weight excluding hydrogens is 268 g/mol. The lowest BCUT2D eigenvalue weighted by Crippen LogP contribution is -2.17. The fourth-order valence-corrected chi connectivity index (χ4v) is 2.38. The summed E-state index contributed by atoms with van der Waals surface area (Å²) in [5.74, 6) is 1.71. The topological polar surface area (TPSA) is 50.7 Å². The molecule has 0 atom stereocenters. The van der Waals surface area contributed by atoms with E-state index in [0.29, 0.717) is 0 Å². The zero-order valence-corrected chi connectivity index (χ0v) is 13.2. The summed E-state index contributed by atoms with van der Waals surface area (Å²) >= 11 is 1.56. The van der Waals surface area contributed by atoms with Crippen LogP contribution in [-0.2, 0) is 5.41 Å². The summed E-state index contributed by atoms with van der Waals surface area (Å²) < 4.78 is 0. The fourth-order valence-electron chi connectivity index (χ4n) is 1.60. The van der Waals surface area contributed by atoms with Gasteiger partial charge in [0, 0.05) is 24.2 Å². The maximum absolute atomic E-state index is 4.65. The van der Waals surface area contributed by atoms with Crippen LogP contribution in [0.15, 0.2) is 40.5 Å². The van der Waals surface area contributed by atoms with Crippen LogP contribution in [0.25, 0.3) is 0 Å². The third-order valence-electron chi connectivity index (χ3n) is 2.58. The minimum Gasteiger partial charge on any atom is -0.370 e. The van der Waals surface area contributed by atoms with Crippen LogP contribution < -0.4 is 5.32 Å². The van der Waals surface area contributed by atoms with E-state index in [-0.39, 0.29) is 5.41 Å². The molecule has 2 rings (SSSR count). The number of rotatable bonds is 4. The Morgan fingerprint density at radius 3 is 2.55 bits per heavy atom. The lowest BCUT2D eigenvalue weighted by atomic mass is 9.96. The Bertz CT molecular complexity index is 564. The molecule has 0 spiro atoms. The second kappa shape index (κ2) is 6.22. The monoisotopic (exact) mass is 288 g/mol. The van der Waals surface area contributed by atoms with Crippen molar-refractivity contribution in [1.29, 1.82) is 0 Å². The molecule has 0 radical (unpaired) electrons. The largest absolute Gasteiger partial charge is 0.370 e. The minimum absolute atomic E-state index is 0.0785. The normalized spacial score (nSPS) is 11.4. The van der Waals surface area contributed by atoms with E-state index in [2.05, 4.69) is 48.0 Å². The van der Waals surface area contributed by atoms with E-state index in [4.69, 9.17) is 0 Å². The third kappa shape index (κ3) is 3.93. The van der Waals surface area contributed by atoms with Crippen molar-refractivity contribution >= 4 is 17.6 Å². The molecular formula is C15H20N4S. The molecule has 0 saturated heterocycles. The molecule has 0 amide bonds. The molecule has 2 aromatic heterocycles. The first-order valence-corrected chi connectivity index (χ1v) is 7.53. The molecule has 20 heavy (non-hydrogen) atoms. The number of nitrogens with one attached hydrogen (secondary N) is 1. The molecule has 0 aliphatic rings. The van der Waals surface area contributed by atoms with Crippen LogP contribution in [0.2, 0.25) is 0 Å². The van der Waals surface area contributed by atoms with Crippen LogP contribution in [0.4, 0.5) is 5.82 Å². The summed E-state index contributed by atoms with van der Waals surface area (Å²) in [6.07, 6.45) is 1.79. The highest BCUT2D eigenvalue weighted by Crippen LogP contribution is 2.28. The number of hydrogen-bond acceptors (Lipinski definition) is 5. The van der Waals surface area contributed by atoms with Gasteiger partial charge in [0.25, 0.3) is 0 Å². The van der Waals surface area contributed by atoms with E-state index in [0.717, 1.165) is 28.2 Å². The van der Waals surface area contributed by atoms with Crippen LogP contribution in [0, 0.1) is 0 Å². The molecule has 0 saturated carbocycles. The lowest BCUT2D eigenvalue weighted by Gasteiger charge is -2.18. The SMILES string of the molecule is CCNc1cc(Sc2ccccn2)nc(C(C)(C)C)n1. The molecule has 2 heterocycles. The molecule has 0 bridgehead atoms.